The molecule has 130 valence electrons. The van der Waals surface area contributed by atoms with Crippen molar-refractivity contribution in [2.75, 3.05) is 13.2 Å². The standard InChI is InChI=1S/C16H24O7/c1-8-3-4-10(11(18)5-8)9(2)7-22-16-15(21)14(20)13(19)12(6-17)23-16/h3-5,9,12-21H,6-7H2,1-2H3. The summed E-state index contributed by atoms with van der Waals surface area (Å²) in [6, 6.07) is 5.32. The van der Waals surface area contributed by atoms with Crippen molar-refractivity contribution in [1.29, 1.82) is 0 Å². The molecule has 1 heterocycles. The summed E-state index contributed by atoms with van der Waals surface area (Å²) in [5.41, 5.74) is 1.63. The van der Waals surface area contributed by atoms with Gasteiger partial charge >= 0.3 is 0 Å². The number of hydrogen-bond acceptors (Lipinski definition) is 7. The van der Waals surface area contributed by atoms with E-state index >= 15 is 0 Å². The van der Waals surface area contributed by atoms with Crippen LogP contribution in [0.3, 0.4) is 0 Å². The summed E-state index contributed by atoms with van der Waals surface area (Å²) in [4.78, 5) is 0. The number of phenolic OH excluding ortho intramolecular Hbond substituents is 1. The van der Waals surface area contributed by atoms with Crippen molar-refractivity contribution >= 4 is 0 Å². The van der Waals surface area contributed by atoms with Crippen LogP contribution in [0, 0.1) is 6.92 Å². The molecule has 1 aromatic rings. The van der Waals surface area contributed by atoms with Crippen molar-refractivity contribution in [1.82, 2.24) is 0 Å². The molecule has 1 fully saturated rings. The quantitative estimate of drug-likeness (QED) is 0.500. The monoisotopic (exact) mass is 328 g/mol. The molecule has 0 aliphatic carbocycles. The number of aliphatic hydroxyl groups excluding tert-OH is 4. The van der Waals surface area contributed by atoms with Crippen LogP contribution in [0.15, 0.2) is 18.2 Å². The van der Waals surface area contributed by atoms with Gasteiger partial charge in [-0.05, 0) is 24.1 Å². The minimum absolute atomic E-state index is 0.124. The van der Waals surface area contributed by atoms with E-state index in [0.29, 0.717) is 5.56 Å². The lowest BCUT2D eigenvalue weighted by Crippen LogP contribution is -2.59. The van der Waals surface area contributed by atoms with Crippen LogP contribution in [-0.4, -0.2) is 69.5 Å². The first-order chi connectivity index (χ1) is 10.8. The smallest absolute Gasteiger partial charge is 0.186 e. The number of aromatic hydroxyl groups is 1. The molecule has 1 saturated heterocycles. The van der Waals surface area contributed by atoms with Gasteiger partial charge in [-0.1, -0.05) is 19.1 Å². The number of aliphatic hydroxyl groups is 4. The second kappa shape index (κ2) is 7.57. The molecule has 5 N–H and O–H groups in total. The number of benzene rings is 1. The van der Waals surface area contributed by atoms with Gasteiger partial charge in [0.05, 0.1) is 13.2 Å². The van der Waals surface area contributed by atoms with E-state index in [0.717, 1.165) is 5.56 Å². The van der Waals surface area contributed by atoms with Gasteiger partial charge in [0.25, 0.3) is 0 Å². The van der Waals surface area contributed by atoms with Crippen molar-refractivity contribution in [2.24, 2.45) is 0 Å². The Morgan fingerprint density at radius 2 is 1.87 bits per heavy atom. The lowest BCUT2D eigenvalue weighted by molar-refractivity contribution is -0.301. The van der Waals surface area contributed by atoms with Crippen LogP contribution in [0.5, 0.6) is 5.75 Å². The van der Waals surface area contributed by atoms with Gasteiger partial charge in [0, 0.05) is 5.92 Å². The average molecular weight is 328 g/mol. The maximum absolute atomic E-state index is 9.97. The molecule has 0 bridgehead atoms. The third-order valence-corrected chi connectivity index (χ3v) is 4.08. The highest BCUT2D eigenvalue weighted by molar-refractivity contribution is 5.38. The molecule has 2 rings (SSSR count). The van der Waals surface area contributed by atoms with Gasteiger partial charge in [-0.25, -0.2) is 0 Å². The summed E-state index contributed by atoms with van der Waals surface area (Å²) in [7, 11) is 0. The normalized spacial score (nSPS) is 32.7. The zero-order valence-electron chi connectivity index (χ0n) is 13.2. The van der Waals surface area contributed by atoms with E-state index in [9.17, 15) is 20.4 Å². The molecule has 1 aliphatic heterocycles. The molecule has 0 spiro atoms. The van der Waals surface area contributed by atoms with Crippen molar-refractivity contribution in [2.45, 2.75) is 50.5 Å². The molecule has 0 aromatic heterocycles. The van der Waals surface area contributed by atoms with Gasteiger partial charge in [0.2, 0.25) is 0 Å². The summed E-state index contributed by atoms with van der Waals surface area (Å²) < 4.78 is 10.8. The van der Waals surface area contributed by atoms with E-state index in [1.54, 1.807) is 12.1 Å². The predicted octanol–water partition coefficient (Wildman–Crippen LogP) is -0.379. The van der Waals surface area contributed by atoms with Crippen molar-refractivity contribution in [3.8, 4) is 5.75 Å². The fourth-order valence-electron chi connectivity index (χ4n) is 2.60. The minimum Gasteiger partial charge on any atom is -0.508 e. The number of aryl methyl sites for hydroxylation is 1. The largest absolute Gasteiger partial charge is 0.508 e. The Hall–Kier alpha value is -1.22. The summed E-state index contributed by atoms with van der Waals surface area (Å²) in [6.07, 6.45) is -6.46. The highest BCUT2D eigenvalue weighted by Gasteiger charge is 2.44. The van der Waals surface area contributed by atoms with Crippen molar-refractivity contribution < 1.29 is 35.0 Å². The van der Waals surface area contributed by atoms with Gasteiger partial charge in [-0.3, -0.25) is 0 Å². The molecule has 23 heavy (non-hydrogen) atoms. The van der Waals surface area contributed by atoms with E-state index in [1.165, 1.54) is 0 Å². The van der Waals surface area contributed by atoms with Crippen LogP contribution in [0.2, 0.25) is 0 Å². The molecule has 6 atom stereocenters. The Labute approximate surface area is 134 Å². The summed E-state index contributed by atoms with van der Waals surface area (Å²) in [5.74, 6) is -0.0159. The zero-order chi connectivity index (χ0) is 17.1. The van der Waals surface area contributed by atoms with Crippen molar-refractivity contribution in [3.05, 3.63) is 29.3 Å². The third kappa shape index (κ3) is 4.00. The highest BCUT2D eigenvalue weighted by atomic mass is 16.7. The van der Waals surface area contributed by atoms with Crippen LogP contribution in [0.4, 0.5) is 0 Å². The maximum Gasteiger partial charge on any atom is 0.186 e. The minimum atomic E-state index is -1.46. The second-order valence-corrected chi connectivity index (χ2v) is 5.99. The Morgan fingerprint density at radius 1 is 1.17 bits per heavy atom. The molecule has 1 aliphatic rings. The summed E-state index contributed by atoms with van der Waals surface area (Å²) in [6.45, 7) is 3.34. The summed E-state index contributed by atoms with van der Waals surface area (Å²) >= 11 is 0. The van der Waals surface area contributed by atoms with E-state index in [1.807, 2.05) is 19.9 Å². The number of ether oxygens (including phenoxy) is 2. The first-order valence-corrected chi connectivity index (χ1v) is 7.56. The third-order valence-electron chi connectivity index (χ3n) is 4.08. The van der Waals surface area contributed by atoms with E-state index in [4.69, 9.17) is 14.6 Å². The predicted molar refractivity (Wildman–Crippen MR) is 81.0 cm³/mol. The fourth-order valence-corrected chi connectivity index (χ4v) is 2.60. The van der Waals surface area contributed by atoms with E-state index in [-0.39, 0.29) is 18.3 Å². The van der Waals surface area contributed by atoms with E-state index in [2.05, 4.69) is 0 Å². The second-order valence-electron chi connectivity index (χ2n) is 5.99. The Bertz CT molecular complexity index is 519. The first kappa shape index (κ1) is 18.1. The number of phenols is 1. The molecule has 1 aromatic carbocycles. The van der Waals surface area contributed by atoms with Gasteiger partial charge in [-0.2, -0.15) is 0 Å². The molecule has 0 amide bonds. The lowest BCUT2D eigenvalue weighted by Gasteiger charge is -2.39. The zero-order valence-corrected chi connectivity index (χ0v) is 13.2. The van der Waals surface area contributed by atoms with Gasteiger partial charge < -0.3 is 35.0 Å². The van der Waals surface area contributed by atoms with Crippen LogP contribution < -0.4 is 0 Å². The number of rotatable bonds is 5. The molecule has 7 heteroatoms. The Morgan fingerprint density at radius 3 is 2.48 bits per heavy atom. The van der Waals surface area contributed by atoms with Crippen LogP contribution >= 0.6 is 0 Å². The first-order valence-electron chi connectivity index (χ1n) is 7.56. The highest BCUT2D eigenvalue weighted by Crippen LogP contribution is 2.28. The average Bonchev–Trinajstić information content (AvgIpc) is 2.51. The molecule has 0 radical (unpaired) electrons. The number of hydrogen-bond donors (Lipinski definition) is 5. The van der Waals surface area contributed by atoms with Crippen LogP contribution in [0.25, 0.3) is 0 Å². The molecular formula is C16H24O7. The Balaban J connectivity index is 1.99. The van der Waals surface area contributed by atoms with Gasteiger partial charge in [-0.15, -0.1) is 0 Å². The van der Waals surface area contributed by atoms with E-state index < -0.39 is 37.3 Å². The van der Waals surface area contributed by atoms with Crippen LogP contribution in [-0.2, 0) is 9.47 Å². The van der Waals surface area contributed by atoms with Gasteiger partial charge in [0.15, 0.2) is 6.29 Å². The van der Waals surface area contributed by atoms with Crippen molar-refractivity contribution in [3.63, 3.8) is 0 Å². The SMILES string of the molecule is Cc1ccc(C(C)COC2OC(CO)C(O)C(O)C2O)c(O)c1. The molecule has 6 unspecified atom stereocenters. The van der Waals surface area contributed by atoms with Gasteiger partial charge in [0.1, 0.15) is 30.2 Å². The van der Waals surface area contributed by atoms with Crippen LogP contribution in [0.1, 0.15) is 24.0 Å². The topological polar surface area (TPSA) is 120 Å². The summed E-state index contributed by atoms with van der Waals surface area (Å²) in [5, 5.41) is 48.4. The fraction of sp³-hybridized carbons (Fsp3) is 0.625. The molecular weight excluding hydrogens is 304 g/mol. The molecule has 7 nitrogen and oxygen atoms in total. The maximum atomic E-state index is 9.97. The molecule has 0 saturated carbocycles. The lowest BCUT2D eigenvalue weighted by atomic mass is 9.98. The Kier molecular flexibility index (Phi) is 5.96.